The van der Waals surface area contributed by atoms with E-state index in [-0.39, 0.29) is 18.5 Å². The van der Waals surface area contributed by atoms with Crippen molar-refractivity contribution in [2.24, 2.45) is 0 Å². The molecule has 4 nitrogen and oxygen atoms in total. The zero-order chi connectivity index (χ0) is 14.8. The molecule has 0 spiro atoms. The van der Waals surface area contributed by atoms with Gasteiger partial charge in [0.1, 0.15) is 5.82 Å². The predicted octanol–water partition coefficient (Wildman–Crippen LogP) is 1.37. The topological polar surface area (TPSA) is 50.7 Å². The first kappa shape index (κ1) is 17.0. The van der Waals surface area contributed by atoms with Crippen molar-refractivity contribution >= 4 is 0 Å². The summed E-state index contributed by atoms with van der Waals surface area (Å²) >= 11 is 0. The summed E-state index contributed by atoms with van der Waals surface area (Å²) in [5.41, 5.74) is 0.680. The Morgan fingerprint density at radius 1 is 1.30 bits per heavy atom. The van der Waals surface area contributed by atoms with Gasteiger partial charge in [-0.25, -0.2) is 4.39 Å². The van der Waals surface area contributed by atoms with E-state index >= 15 is 0 Å². The molecule has 0 aliphatic rings. The number of aliphatic hydroxyl groups excluding tert-OH is 1. The van der Waals surface area contributed by atoms with Crippen LogP contribution in [0.25, 0.3) is 0 Å². The maximum Gasteiger partial charge on any atom is 0.126 e. The van der Waals surface area contributed by atoms with Crippen molar-refractivity contribution in [1.29, 1.82) is 0 Å². The molecule has 20 heavy (non-hydrogen) atoms. The Hall–Kier alpha value is -1.01. The lowest BCUT2D eigenvalue weighted by Crippen LogP contribution is -2.33. The minimum absolute atomic E-state index is 0.0342. The van der Waals surface area contributed by atoms with Gasteiger partial charge < -0.3 is 19.9 Å². The molecule has 0 bridgehead atoms. The Morgan fingerprint density at radius 3 is 2.75 bits per heavy atom. The number of rotatable bonds is 10. The molecule has 114 valence electrons. The standard InChI is InChI=1S/C15H24FNO3/c1-12(10-19-2)20-11-14(18)9-17-8-7-13-5-3-4-6-15(13)16/h3-6,12,14,17-18H,7-11H2,1-2H3. The van der Waals surface area contributed by atoms with Crippen LogP contribution in [0, 0.1) is 5.82 Å². The molecular weight excluding hydrogens is 261 g/mol. The van der Waals surface area contributed by atoms with Gasteiger partial charge in [0.05, 0.1) is 25.4 Å². The highest BCUT2D eigenvalue weighted by molar-refractivity contribution is 5.17. The number of hydrogen-bond acceptors (Lipinski definition) is 4. The molecule has 1 rings (SSSR count). The third-order valence-corrected chi connectivity index (χ3v) is 2.88. The average Bonchev–Trinajstić information content (AvgIpc) is 2.43. The molecule has 5 heteroatoms. The van der Waals surface area contributed by atoms with E-state index in [0.717, 1.165) is 0 Å². The van der Waals surface area contributed by atoms with Gasteiger partial charge in [0.15, 0.2) is 0 Å². The largest absolute Gasteiger partial charge is 0.389 e. The number of hydrogen-bond donors (Lipinski definition) is 2. The molecule has 0 heterocycles. The van der Waals surface area contributed by atoms with E-state index in [1.165, 1.54) is 6.07 Å². The van der Waals surface area contributed by atoms with Crippen LogP contribution < -0.4 is 5.32 Å². The fourth-order valence-electron chi connectivity index (χ4n) is 1.81. The lowest BCUT2D eigenvalue weighted by molar-refractivity contribution is -0.0310. The molecule has 1 aromatic rings. The van der Waals surface area contributed by atoms with Gasteiger partial charge in [0.25, 0.3) is 0 Å². The van der Waals surface area contributed by atoms with Gasteiger partial charge in [0, 0.05) is 13.7 Å². The fourth-order valence-corrected chi connectivity index (χ4v) is 1.81. The first-order valence-corrected chi connectivity index (χ1v) is 6.86. The highest BCUT2D eigenvalue weighted by atomic mass is 19.1. The van der Waals surface area contributed by atoms with E-state index in [0.29, 0.717) is 31.7 Å². The normalized spacial score (nSPS) is 14.2. The number of nitrogens with one attached hydrogen (secondary N) is 1. The number of aliphatic hydroxyl groups is 1. The summed E-state index contributed by atoms with van der Waals surface area (Å²) in [6.45, 7) is 3.70. The van der Waals surface area contributed by atoms with Gasteiger partial charge in [-0.15, -0.1) is 0 Å². The molecule has 2 N–H and O–H groups in total. The van der Waals surface area contributed by atoms with Crippen LogP contribution in [0.5, 0.6) is 0 Å². The molecule has 1 aromatic carbocycles. The van der Waals surface area contributed by atoms with Gasteiger partial charge in [-0.1, -0.05) is 18.2 Å². The van der Waals surface area contributed by atoms with Crippen LogP contribution in [-0.4, -0.2) is 50.7 Å². The smallest absolute Gasteiger partial charge is 0.126 e. The number of methoxy groups -OCH3 is 1. The van der Waals surface area contributed by atoms with E-state index in [9.17, 15) is 9.50 Å². The van der Waals surface area contributed by atoms with Crippen LogP contribution in [0.1, 0.15) is 12.5 Å². The Bertz CT molecular complexity index is 376. The van der Waals surface area contributed by atoms with E-state index < -0.39 is 6.10 Å². The minimum atomic E-state index is -0.574. The van der Waals surface area contributed by atoms with Crippen LogP contribution in [0.3, 0.4) is 0 Å². The summed E-state index contributed by atoms with van der Waals surface area (Å²) in [6.07, 6.45) is -0.0108. The quantitative estimate of drug-likeness (QED) is 0.638. The molecule has 0 aromatic heterocycles. The van der Waals surface area contributed by atoms with Crippen LogP contribution in [0.4, 0.5) is 4.39 Å². The summed E-state index contributed by atoms with van der Waals surface area (Å²) in [5.74, 6) is -0.188. The van der Waals surface area contributed by atoms with Gasteiger partial charge in [0.2, 0.25) is 0 Å². The second kappa shape index (κ2) is 9.83. The maximum absolute atomic E-state index is 13.3. The highest BCUT2D eigenvalue weighted by Gasteiger charge is 2.08. The molecule has 0 fully saturated rings. The van der Waals surface area contributed by atoms with Crippen molar-refractivity contribution in [1.82, 2.24) is 5.32 Å². The first-order chi connectivity index (χ1) is 9.63. The van der Waals surface area contributed by atoms with E-state index in [4.69, 9.17) is 9.47 Å². The van der Waals surface area contributed by atoms with Crippen LogP contribution in [0.2, 0.25) is 0 Å². The lowest BCUT2D eigenvalue weighted by atomic mass is 10.1. The third-order valence-electron chi connectivity index (χ3n) is 2.88. The van der Waals surface area contributed by atoms with Crippen molar-refractivity contribution in [2.75, 3.05) is 33.4 Å². The summed E-state index contributed by atoms with van der Waals surface area (Å²) in [4.78, 5) is 0. The Morgan fingerprint density at radius 2 is 2.05 bits per heavy atom. The van der Waals surface area contributed by atoms with Crippen LogP contribution >= 0.6 is 0 Å². The third kappa shape index (κ3) is 6.96. The van der Waals surface area contributed by atoms with Crippen molar-refractivity contribution in [3.05, 3.63) is 35.6 Å². The van der Waals surface area contributed by atoms with Gasteiger partial charge in [-0.2, -0.15) is 0 Å². The van der Waals surface area contributed by atoms with E-state index in [1.54, 1.807) is 19.2 Å². The molecule has 0 saturated carbocycles. The Balaban J connectivity index is 2.10. The lowest BCUT2D eigenvalue weighted by Gasteiger charge is -2.16. The van der Waals surface area contributed by atoms with Gasteiger partial charge >= 0.3 is 0 Å². The van der Waals surface area contributed by atoms with Gasteiger partial charge in [-0.3, -0.25) is 0 Å². The number of ether oxygens (including phenoxy) is 2. The molecule has 0 saturated heterocycles. The van der Waals surface area contributed by atoms with Crippen LogP contribution in [-0.2, 0) is 15.9 Å². The minimum Gasteiger partial charge on any atom is -0.389 e. The summed E-state index contributed by atoms with van der Waals surface area (Å²) in [6, 6.07) is 6.71. The van der Waals surface area contributed by atoms with Crippen molar-refractivity contribution in [3.8, 4) is 0 Å². The fraction of sp³-hybridized carbons (Fsp3) is 0.600. The van der Waals surface area contributed by atoms with Crippen LogP contribution in [0.15, 0.2) is 24.3 Å². The molecule has 0 aliphatic carbocycles. The zero-order valence-electron chi connectivity index (χ0n) is 12.1. The monoisotopic (exact) mass is 285 g/mol. The maximum atomic E-state index is 13.3. The summed E-state index contributed by atoms with van der Waals surface area (Å²) < 4.78 is 23.7. The molecule has 2 unspecified atom stereocenters. The predicted molar refractivity (Wildman–Crippen MR) is 76.3 cm³/mol. The van der Waals surface area contributed by atoms with Crippen molar-refractivity contribution < 1.29 is 19.0 Å². The molecule has 0 amide bonds. The highest BCUT2D eigenvalue weighted by Crippen LogP contribution is 2.06. The summed E-state index contributed by atoms with van der Waals surface area (Å²) in [5, 5.41) is 12.8. The summed E-state index contributed by atoms with van der Waals surface area (Å²) in [7, 11) is 1.61. The molecule has 0 radical (unpaired) electrons. The molecule has 2 atom stereocenters. The van der Waals surface area contributed by atoms with E-state index in [1.807, 2.05) is 13.0 Å². The molecular formula is C15H24FNO3. The molecule has 0 aliphatic heterocycles. The Labute approximate surface area is 119 Å². The Kier molecular flexibility index (Phi) is 8.37. The second-order valence-corrected chi connectivity index (χ2v) is 4.80. The SMILES string of the molecule is COCC(C)OCC(O)CNCCc1ccccc1F. The zero-order valence-corrected chi connectivity index (χ0v) is 12.1. The first-order valence-electron chi connectivity index (χ1n) is 6.86. The van der Waals surface area contributed by atoms with Crippen molar-refractivity contribution in [3.63, 3.8) is 0 Å². The van der Waals surface area contributed by atoms with Gasteiger partial charge in [-0.05, 0) is 31.5 Å². The van der Waals surface area contributed by atoms with E-state index in [2.05, 4.69) is 5.32 Å². The van der Waals surface area contributed by atoms with Crippen molar-refractivity contribution in [2.45, 2.75) is 25.6 Å². The average molecular weight is 285 g/mol. The second-order valence-electron chi connectivity index (χ2n) is 4.80. The number of benzene rings is 1. The number of halogens is 1.